The molecule has 0 aliphatic carbocycles. The normalized spacial score (nSPS) is 11.6. The summed E-state index contributed by atoms with van der Waals surface area (Å²) < 4.78 is 18.0. The van der Waals surface area contributed by atoms with E-state index in [1.54, 1.807) is 45.7 Å². The number of aromatic nitrogens is 2. The minimum absolute atomic E-state index is 0.238. The molecule has 1 heterocycles. The van der Waals surface area contributed by atoms with Crippen LogP contribution in [0.3, 0.4) is 0 Å². The van der Waals surface area contributed by atoms with Crippen molar-refractivity contribution in [3.8, 4) is 17.2 Å². The van der Waals surface area contributed by atoms with Crippen molar-refractivity contribution in [1.29, 1.82) is 0 Å². The van der Waals surface area contributed by atoms with Crippen LogP contribution in [0.25, 0.3) is 0 Å². The van der Waals surface area contributed by atoms with Crippen molar-refractivity contribution >= 4 is 5.91 Å². The molecule has 0 radical (unpaired) electrons. The molecule has 0 saturated heterocycles. The first-order valence-corrected chi connectivity index (χ1v) is 9.12. The fourth-order valence-electron chi connectivity index (χ4n) is 3.12. The molecule has 1 atom stereocenters. The lowest BCUT2D eigenvalue weighted by atomic mass is 10.0. The quantitative estimate of drug-likeness (QED) is 0.665. The number of benzene rings is 2. The van der Waals surface area contributed by atoms with Gasteiger partial charge in [0.05, 0.1) is 21.3 Å². The van der Waals surface area contributed by atoms with E-state index in [9.17, 15) is 4.79 Å². The Morgan fingerprint density at radius 1 is 1.03 bits per heavy atom. The highest BCUT2D eigenvalue weighted by molar-refractivity contribution is 5.95. The van der Waals surface area contributed by atoms with Gasteiger partial charge in [-0.3, -0.25) is 4.79 Å². The maximum atomic E-state index is 13.1. The molecule has 7 heteroatoms. The highest BCUT2D eigenvalue weighted by Crippen LogP contribution is 2.30. The van der Waals surface area contributed by atoms with E-state index in [-0.39, 0.29) is 5.91 Å². The third kappa shape index (κ3) is 4.34. The van der Waals surface area contributed by atoms with Crippen LogP contribution in [0.1, 0.15) is 33.4 Å². The van der Waals surface area contributed by atoms with Gasteiger partial charge >= 0.3 is 0 Å². The molecule has 2 aromatic carbocycles. The van der Waals surface area contributed by atoms with E-state index in [0.29, 0.717) is 28.6 Å². The maximum Gasteiger partial charge on any atom is 0.252 e. The molecule has 0 bridgehead atoms. The number of hydrogen-bond acceptors (Lipinski definition) is 5. The van der Waals surface area contributed by atoms with E-state index in [1.165, 1.54) is 0 Å². The van der Waals surface area contributed by atoms with Gasteiger partial charge in [0.15, 0.2) is 0 Å². The van der Waals surface area contributed by atoms with Crippen LogP contribution in [-0.4, -0.2) is 36.8 Å². The van der Waals surface area contributed by atoms with Crippen molar-refractivity contribution in [3.63, 3.8) is 0 Å². The second-order valence-corrected chi connectivity index (χ2v) is 6.63. The van der Waals surface area contributed by atoms with E-state index in [1.807, 2.05) is 42.9 Å². The van der Waals surface area contributed by atoms with Gasteiger partial charge in [-0.05, 0) is 42.3 Å². The summed E-state index contributed by atoms with van der Waals surface area (Å²) in [5.74, 6) is 2.37. The van der Waals surface area contributed by atoms with Gasteiger partial charge in [0.1, 0.15) is 29.1 Å². The zero-order valence-corrected chi connectivity index (χ0v) is 17.2. The predicted octanol–water partition coefficient (Wildman–Crippen LogP) is 3.27. The Hall–Kier alpha value is -3.48. The van der Waals surface area contributed by atoms with Crippen molar-refractivity contribution in [2.24, 2.45) is 7.05 Å². The van der Waals surface area contributed by atoms with Crippen LogP contribution in [0, 0.1) is 6.92 Å². The van der Waals surface area contributed by atoms with Gasteiger partial charge in [-0.2, -0.15) is 0 Å². The minimum atomic E-state index is -0.501. The van der Waals surface area contributed by atoms with Crippen LogP contribution in [0.15, 0.2) is 48.8 Å². The molecule has 0 spiro atoms. The number of nitrogens with zero attached hydrogens (tertiary/aromatic N) is 2. The molecule has 0 aliphatic heterocycles. The Morgan fingerprint density at radius 3 is 2.28 bits per heavy atom. The first kappa shape index (κ1) is 20.3. The average molecular weight is 395 g/mol. The van der Waals surface area contributed by atoms with Crippen LogP contribution < -0.4 is 19.5 Å². The number of nitrogens with one attached hydrogen (secondary N) is 1. The average Bonchev–Trinajstić information content (AvgIpc) is 3.17. The lowest BCUT2D eigenvalue weighted by Gasteiger charge is -2.21. The summed E-state index contributed by atoms with van der Waals surface area (Å²) in [5.41, 5.74) is 2.26. The summed E-state index contributed by atoms with van der Waals surface area (Å²) in [6, 6.07) is 10.4. The van der Waals surface area contributed by atoms with Gasteiger partial charge < -0.3 is 24.1 Å². The Labute approximate surface area is 170 Å². The lowest BCUT2D eigenvalue weighted by molar-refractivity contribution is 0.0940. The zero-order chi connectivity index (χ0) is 21.0. The highest BCUT2D eigenvalue weighted by Gasteiger charge is 2.23. The molecule has 1 aromatic heterocycles. The Morgan fingerprint density at radius 2 is 1.72 bits per heavy atom. The first-order chi connectivity index (χ1) is 14.0. The first-order valence-electron chi connectivity index (χ1n) is 9.12. The van der Waals surface area contributed by atoms with Gasteiger partial charge in [0.2, 0.25) is 0 Å². The third-order valence-corrected chi connectivity index (χ3v) is 4.77. The largest absolute Gasteiger partial charge is 0.497 e. The summed E-state index contributed by atoms with van der Waals surface area (Å²) in [6.07, 6.45) is 3.53. The van der Waals surface area contributed by atoms with E-state index in [4.69, 9.17) is 14.2 Å². The van der Waals surface area contributed by atoms with Gasteiger partial charge in [0.25, 0.3) is 5.91 Å². The van der Waals surface area contributed by atoms with Gasteiger partial charge in [0, 0.05) is 31.1 Å². The molecular weight excluding hydrogens is 370 g/mol. The molecule has 3 aromatic rings. The van der Waals surface area contributed by atoms with Crippen molar-refractivity contribution < 1.29 is 19.0 Å². The Bertz CT molecular complexity index is 991. The third-order valence-electron chi connectivity index (χ3n) is 4.77. The van der Waals surface area contributed by atoms with Crippen LogP contribution >= 0.6 is 0 Å². The fourth-order valence-corrected chi connectivity index (χ4v) is 3.12. The molecule has 1 amide bonds. The summed E-state index contributed by atoms with van der Waals surface area (Å²) in [5, 5.41) is 3.08. The van der Waals surface area contributed by atoms with Crippen molar-refractivity contribution in [2.45, 2.75) is 13.0 Å². The molecular formula is C22H25N3O4. The second-order valence-electron chi connectivity index (χ2n) is 6.63. The van der Waals surface area contributed by atoms with Crippen LogP contribution in [0.2, 0.25) is 0 Å². The van der Waals surface area contributed by atoms with Crippen LogP contribution in [-0.2, 0) is 7.05 Å². The van der Waals surface area contributed by atoms with Crippen LogP contribution in [0.4, 0.5) is 0 Å². The number of imidazole rings is 1. The van der Waals surface area contributed by atoms with Crippen molar-refractivity contribution in [3.05, 3.63) is 71.3 Å². The Balaban J connectivity index is 2.02. The number of methoxy groups -OCH3 is 3. The summed E-state index contributed by atoms with van der Waals surface area (Å²) in [7, 11) is 6.65. The molecule has 0 unspecified atom stereocenters. The number of aryl methyl sites for hydroxylation is 2. The number of carbonyl (C=O) groups is 1. The monoisotopic (exact) mass is 395 g/mol. The number of ether oxygens (including phenoxy) is 3. The number of carbonyl (C=O) groups excluding carboxylic acids is 1. The number of hydrogen-bond donors (Lipinski definition) is 1. The van der Waals surface area contributed by atoms with Crippen molar-refractivity contribution in [2.75, 3.05) is 21.3 Å². The van der Waals surface area contributed by atoms with Crippen molar-refractivity contribution in [1.82, 2.24) is 14.9 Å². The topological polar surface area (TPSA) is 74.6 Å². The summed E-state index contributed by atoms with van der Waals surface area (Å²) in [6.45, 7) is 1.93. The Kier molecular flexibility index (Phi) is 6.07. The van der Waals surface area contributed by atoms with Gasteiger partial charge in [-0.15, -0.1) is 0 Å². The molecule has 0 saturated carbocycles. The molecule has 29 heavy (non-hydrogen) atoms. The van der Waals surface area contributed by atoms with E-state index >= 15 is 0 Å². The minimum Gasteiger partial charge on any atom is -0.497 e. The standard InChI is InChI=1S/C22H25N3O4/c1-14-6-7-15(12-19(14)29-5)22(26)24-20(21-23-8-9-25(21)2)16-10-17(27-3)13-18(11-16)28-4/h6-13,20H,1-5H3,(H,24,26)/t20-/m0/s1. The van der Waals surface area contributed by atoms with E-state index in [2.05, 4.69) is 10.3 Å². The lowest BCUT2D eigenvalue weighted by Crippen LogP contribution is -2.31. The molecule has 0 fully saturated rings. The van der Waals surface area contributed by atoms with Gasteiger partial charge in [-0.1, -0.05) is 6.07 Å². The summed E-state index contributed by atoms with van der Waals surface area (Å²) in [4.78, 5) is 17.5. The number of amides is 1. The second kappa shape index (κ2) is 8.68. The van der Waals surface area contributed by atoms with E-state index in [0.717, 1.165) is 11.1 Å². The smallest absolute Gasteiger partial charge is 0.252 e. The fraction of sp³-hybridized carbons (Fsp3) is 0.273. The number of rotatable bonds is 7. The van der Waals surface area contributed by atoms with E-state index < -0.39 is 6.04 Å². The van der Waals surface area contributed by atoms with Gasteiger partial charge in [-0.25, -0.2) is 4.98 Å². The summed E-state index contributed by atoms with van der Waals surface area (Å²) >= 11 is 0. The molecule has 7 nitrogen and oxygen atoms in total. The maximum absolute atomic E-state index is 13.1. The zero-order valence-electron chi connectivity index (χ0n) is 17.2. The SMILES string of the molecule is COc1cc(OC)cc([C@H](NC(=O)c2ccc(C)c(OC)c2)c2nccn2C)c1. The molecule has 152 valence electrons. The highest BCUT2D eigenvalue weighted by atomic mass is 16.5. The predicted molar refractivity (Wildman–Crippen MR) is 110 cm³/mol. The molecule has 0 aliphatic rings. The molecule has 1 N–H and O–H groups in total. The van der Waals surface area contributed by atoms with Crippen LogP contribution in [0.5, 0.6) is 17.2 Å². The molecule has 3 rings (SSSR count).